The highest BCUT2D eigenvalue weighted by Crippen LogP contribution is 2.60. The highest BCUT2D eigenvalue weighted by molar-refractivity contribution is 6.30. The first-order valence-electron chi connectivity index (χ1n) is 15.9. The molecular formula is C35H35ClF5N3O4. The van der Waals surface area contributed by atoms with Crippen LogP contribution < -0.4 is 16.0 Å². The van der Waals surface area contributed by atoms with E-state index in [9.17, 15) is 27.5 Å². The lowest BCUT2D eigenvalue weighted by Crippen LogP contribution is -2.53. The van der Waals surface area contributed by atoms with E-state index in [2.05, 4.69) is 10.6 Å². The summed E-state index contributed by atoms with van der Waals surface area (Å²) in [6, 6.07) is 18.0. The van der Waals surface area contributed by atoms with Gasteiger partial charge in [0.1, 0.15) is 11.6 Å². The summed E-state index contributed by atoms with van der Waals surface area (Å²) in [6.45, 7) is -0.707. The monoisotopic (exact) mass is 691 g/mol. The largest absolute Gasteiger partial charge is 0.401 e. The number of nitrogens with one attached hydrogen (secondary N) is 3. The number of carbonyl (C=O) groups excluding carboxylic acids is 1. The molecule has 0 bridgehead atoms. The van der Waals surface area contributed by atoms with Crippen LogP contribution in [0.1, 0.15) is 48.3 Å². The molecule has 7 nitrogen and oxygen atoms in total. The minimum absolute atomic E-state index is 0.0389. The van der Waals surface area contributed by atoms with Crippen LogP contribution in [0.4, 0.5) is 27.6 Å². The van der Waals surface area contributed by atoms with E-state index in [1.165, 1.54) is 18.2 Å². The number of amides is 1. The number of morpholine rings is 1. The second-order valence-electron chi connectivity index (χ2n) is 13.6. The molecule has 4 N–H and O–H groups in total. The Morgan fingerprint density at radius 3 is 2.35 bits per heavy atom. The van der Waals surface area contributed by atoms with Crippen molar-refractivity contribution >= 4 is 23.2 Å². The zero-order chi connectivity index (χ0) is 33.9. The van der Waals surface area contributed by atoms with Crippen molar-refractivity contribution in [1.82, 2.24) is 10.6 Å². The lowest BCUT2D eigenvalue weighted by Gasteiger charge is -2.33. The first-order chi connectivity index (χ1) is 22.8. The molecule has 3 aromatic rings. The molecule has 1 aliphatic heterocycles. The first-order valence-corrected chi connectivity index (χ1v) is 16.3. The summed E-state index contributed by atoms with van der Waals surface area (Å²) in [7, 11) is 0. The van der Waals surface area contributed by atoms with Crippen LogP contribution in [0.2, 0.25) is 5.02 Å². The molecule has 4 fully saturated rings. The summed E-state index contributed by atoms with van der Waals surface area (Å²) in [6.07, 6.45) is -4.10. The van der Waals surface area contributed by atoms with Crippen LogP contribution in [0.3, 0.4) is 0 Å². The average molecular weight is 692 g/mol. The van der Waals surface area contributed by atoms with Crippen molar-refractivity contribution in [1.29, 1.82) is 0 Å². The summed E-state index contributed by atoms with van der Waals surface area (Å²) >= 11 is 6.15. The van der Waals surface area contributed by atoms with Gasteiger partial charge in [0.15, 0.2) is 0 Å². The Labute approximate surface area is 279 Å². The number of alkyl halides is 3. The van der Waals surface area contributed by atoms with Gasteiger partial charge in [-0.15, -0.1) is 0 Å². The molecule has 3 aromatic carbocycles. The molecule has 13 heteroatoms. The van der Waals surface area contributed by atoms with E-state index < -0.39 is 47.6 Å². The molecule has 48 heavy (non-hydrogen) atoms. The van der Waals surface area contributed by atoms with Gasteiger partial charge in [-0.1, -0.05) is 41.9 Å². The first kappa shape index (κ1) is 33.4. The summed E-state index contributed by atoms with van der Waals surface area (Å²) in [5, 5.41) is 18.7. The molecule has 1 amide bonds. The number of rotatable bonds is 11. The standard InChI is InChI=1S/C35H35ClF5N3O4/c36-23-8-4-20(5-9-23)29(21-6-10-24(37)11-7-21)32(12-13-32)30(45)44-27-3-1-2-26(38)25(27)14-22-15-34(22)17-43-33(19-47-34)16-28(33)48-31(46)42-18-35(39,40)41/h1-11,22,28-29,31,42-43,46H,12-19H2,(H,44,45)/t22?,28?,29-,31?,33?,34?/m0/s1. The van der Waals surface area contributed by atoms with Gasteiger partial charge < -0.3 is 25.2 Å². The van der Waals surface area contributed by atoms with Crippen LogP contribution in [-0.2, 0) is 20.7 Å². The summed E-state index contributed by atoms with van der Waals surface area (Å²) in [5.41, 5.74) is 0.464. The number of halogens is 6. The van der Waals surface area contributed by atoms with Crippen LogP contribution in [-0.4, -0.2) is 60.5 Å². The van der Waals surface area contributed by atoms with Crippen molar-refractivity contribution in [2.45, 2.75) is 67.9 Å². The molecule has 5 unspecified atom stereocenters. The van der Waals surface area contributed by atoms with Gasteiger partial charge in [-0.3, -0.25) is 10.1 Å². The maximum atomic E-state index is 15.4. The quantitative estimate of drug-likeness (QED) is 0.145. The molecule has 1 heterocycles. The van der Waals surface area contributed by atoms with Crippen LogP contribution in [0.25, 0.3) is 0 Å². The summed E-state index contributed by atoms with van der Waals surface area (Å²) in [4.78, 5) is 14.1. The fourth-order valence-corrected chi connectivity index (χ4v) is 7.33. The minimum Gasteiger partial charge on any atom is -0.371 e. The smallest absolute Gasteiger partial charge is 0.371 e. The van der Waals surface area contributed by atoms with Gasteiger partial charge in [0, 0.05) is 28.7 Å². The van der Waals surface area contributed by atoms with E-state index in [0.29, 0.717) is 54.9 Å². The fourth-order valence-electron chi connectivity index (χ4n) is 7.20. The number of aliphatic hydroxyl groups excluding tert-OH is 1. The predicted molar refractivity (Wildman–Crippen MR) is 167 cm³/mol. The lowest BCUT2D eigenvalue weighted by atomic mass is 9.77. The molecule has 0 aromatic heterocycles. The molecule has 4 aliphatic rings. The number of hydrogen-bond donors (Lipinski definition) is 4. The number of anilines is 1. The highest BCUT2D eigenvalue weighted by Gasteiger charge is 2.66. The molecule has 3 aliphatic carbocycles. The predicted octanol–water partition coefficient (Wildman–Crippen LogP) is 6.05. The zero-order valence-corrected chi connectivity index (χ0v) is 26.5. The second-order valence-corrected chi connectivity index (χ2v) is 14.0. The number of aliphatic hydroxyl groups is 1. The second kappa shape index (κ2) is 12.3. The number of benzene rings is 3. The van der Waals surface area contributed by atoms with Gasteiger partial charge in [-0.2, -0.15) is 13.2 Å². The van der Waals surface area contributed by atoms with Crippen LogP contribution in [0.15, 0.2) is 66.7 Å². The van der Waals surface area contributed by atoms with Crippen molar-refractivity contribution < 1.29 is 41.3 Å². The van der Waals surface area contributed by atoms with E-state index in [0.717, 1.165) is 11.1 Å². The van der Waals surface area contributed by atoms with E-state index in [4.69, 9.17) is 21.1 Å². The third-order valence-corrected chi connectivity index (χ3v) is 10.6. The van der Waals surface area contributed by atoms with Gasteiger partial charge >= 0.3 is 6.18 Å². The molecule has 3 saturated carbocycles. The third-order valence-electron chi connectivity index (χ3n) is 10.3. The zero-order valence-electron chi connectivity index (χ0n) is 25.8. The maximum absolute atomic E-state index is 15.4. The average Bonchev–Trinajstić information content (AvgIpc) is 3.99. The topological polar surface area (TPSA) is 91.9 Å². The Bertz CT molecular complexity index is 1610. The molecule has 6 atom stereocenters. The van der Waals surface area contributed by atoms with Crippen molar-refractivity contribution in [3.63, 3.8) is 0 Å². The fraction of sp³-hybridized carbons (Fsp3) is 0.457. The van der Waals surface area contributed by atoms with Gasteiger partial charge in [0.05, 0.1) is 35.8 Å². The number of carbonyl (C=O) groups is 1. The maximum Gasteiger partial charge on any atom is 0.401 e. The molecule has 1 saturated heterocycles. The SMILES string of the molecule is O=C(Nc1cccc(F)c1CC1CC12CNC1(CO2)CC1OC(O)NCC(F)(F)F)C1([C@H](c2ccc(F)cc2)c2ccc(Cl)cc2)CC1. The van der Waals surface area contributed by atoms with Gasteiger partial charge in [0.25, 0.3) is 0 Å². The third kappa shape index (κ3) is 6.71. The Morgan fingerprint density at radius 1 is 1.04 bits per heavy atom. The number of hydrogen-bond acceptors (Lipinski definition) is 6. The summed E-state index contributed by atoms with van der Waals surface area (Å²) < 4.78 is 78.1. The van der Waals surface area contributed by atoms with E-state index in [1.807, 2.05) is 17.4 Å². The molecule has 0 radical (unpaired) electrons. The van der Waals surface area contributed by atoms with Crippen LogP contribution >= 0.6 is 11.6 Å². The highest BCUT2D eigenvalue weighted by atomic mass is 35.5. The van der Waals surface area contributed by atoms with Crippen LogP contribution in [0.5, 0.6) is 0 Å². The molecule has 2 spiro atoms. The molecular weight excluding hydrogens is 657 g/mol. The normalized spacial score (nSPS) is 28.2. The van der Waals surface area contributed by atoms with Crippen LogP contribution in [0, 0.1) is 23.0 Å². The van der Waals surface area contributed by atoms with Crippen molar-refractivity contribution in [2.75, 3.05) is 25.0 Å². The Balaban J connectivity index is 1.01. The summed E-state index contributed by atoms with van der Waals surface area (Å²) in [5.74, 6) is -1.47. The van der Waals surface area contributed by atoms with Crippen molar-refractivity contribution in [2.24, 2.45) is 11.3 Å². The number of ether oxygens (including phenoxy) is 2. The van der Waals surface area contributed by atoms with Crippen molar-refractivity contribution in [3.8, 4) is 0 Å². The Kier molecular flexibility index (Phi) is 8.57. The van der Waals surface area contributed by atoms with E-state index in [1.54, 1.807) is 36.4 Å². The molecule has 7 rings (SSSR count). The minimum atomic E-state index is -4.48. The van der Waals surface area contributed by atoms with E-state index in [-0.39, 0.29) is 30.2 Å². The Hall–Kier alpha value is -3.13. The van der Waals surface area contributed by atoms with Gasteiger partial charge in [0.2, 0.25) is 12.3 Å². The van der Waals surface area contributed by atoms with Crippen molar-refractivity contribution in [3.05, 3.63) is 100 Å². The Morgan fingerprint density at radius 2 is 1.73 bits per heavy atom. The van der Waals surface area contributed by atoms with E-state index >= 15 is 4.39 Å². The van der Waals surface area contributed by atoms with Gasteiger partial charge in [-0.05, 0) is 85.5 Å². The molecule has 256 valence electrons. The lowest BCUT2D eigenvalue weighted by molar-refractivity contribution is -0.175. The van der Waals surface area contributed by atoms with Gasteiger partial charge in [-0.25, -0.2) is 8.78 Å².